The van der Waals surface area contributed by atoms with E-state index in [-0.39, 0.29) is 0 Å². The highest BCUT2D eigenvalue weighted by Crippen LogP contribution is 2.20. The maximum Gasteiger partial charge on any atom is 0.328 e. The summed E-state index contributed by atoms with van der Waals surface area (Å²) >= 11 is 6.05. The molecule has 0 bridgehead atoms. The first-order valence-electron chi connectivity index (χ1n) is 7.78. The molecule has 128 valence electrons. The third-order valence-corrected chi connectivity index (χ3v) is 4.34. The van der Waals surface area contributed by atoms with Crippen molar-refractivity contribution < 1.29 is 14.3 Å². The standard InChI is InChI=1S/C19H17ClN2O3/c1-25-19(24)17(22-18(23)14-7-2-4-8-15(14)20)10-12-11-21-16-9-5-3-6-13(12)16/h2-9,11,17,21H,10H2,1H3,(H,22,23)/t17-/m1/s1. The number of para-hydroxylation sites is 1. The number of halogens is 1. The van der Waals surface area contributed by atoms with Crippen molar-refractivity contribution in [2.75, 3.05) is 7.11 Å². The molecule has 5 nitrogen and oxygen atoms in total. The van der Waals surface area contributed by atoms with Crippen LogP contribution in [0.25, 0.3) is 10.9 Å². The molecule has 0 unspecified atom stereocenters. The summed E-state index contributed by atoms with van der Waals surface area (Å²) in [6.07, 6.45) is 2.15. The number of aromatic nitrogens is 1. The molecule has 0 saturated heterocycles. The molecule has 6 heteroatoms. The van der Waals surface area contributed by atoms with E-state index in [4.69, 9.17) is 16.3 Å². The Hall–Kier alpha value is -2.79. The number of H-pyrrole nitrogens is 1. The molecule has 0 spiro atoms. The van der Waals surface area contributed by atoms with Gasteiger partial charge in [0.25, 0.3) is 5.91 Å². The molecular formula is C19H17ClN2O3. The topological polar surface area (TPSA) is 71.2 Å². The predicted molar refractivity (Wildman–Crippen MR) is 96.7 cm³/mol. The van der Waals surface area contributed by atoms with Crippen LogP contribution in [0.4, 0.5) is 0 Å². The summed E-state index contributed by atoms with van der Waals surface area (Å²) in [5.74, 6) is -0.925. The minimum atomic E-state index is -0.812. The average Bonchev–Trinajstić information content (AvgIpc) is 3.04. The van der Waals surface area contributed by atoms with E-state index in [2.05, 4.69) is 10.3 Å². The molecule has 3 rings (SSSR count). The number of hydrogen-bond acceptors (Lipinski definition) is 3. The largest absolute Gasteiger partial charge is 0.467 e. The van der Waals surface area contributed by atoms with Crippen LogP contribution in [-0.2, 0) is 16.0 Å². The van der Waals surface area contributed by atoms with Crippen molar-refractivity contribution in [3.8, 4) is 0 Å². The number of esters is 1. The zero-order valence-corrected chi connectivity index (χ0v) is 14.3. The van der Waals surface area contributed by atoms with Gasteiger partial charge in [-0.15, -0.1) is 0 Å². The molecule has 0 fully saturated rings. The lowest BCUT2D eigenvalue weighted by Gasteiger charge is -2.16. The van der Waals surface area contributed by atoms with Crippen molar-refractivity contribution in [3.63, 3.8) is 0 Å². The Morgan fingerprint density at radius 3 is 2.64 bits per heavy atom. The van der Waals surface area contributed by atoms with Crippen molar-refractivity contribution in [1.29, 1.82) is 0 Å². The summed E-state index contributed by atoms with van der Waals surface area (Å²) < 4.78 is 4.84. The molecule has 25 heavy (non-hydrogen) atoms. The second-order valence-electron chi connectivity index (χ2n) is 5.59. The number of carbonyl (C=O) groups is 2. The summed E-state index contributed by atoms with van der Waals surface area (Å²) in [5, 5.41) is 4.05. The average molecular weight is 357 g/mol. The molecule has 1 aromatic heterocycles. The molecular weight excluding hydrogens is 340 g/mol. The number of ether oxygens (including phenoxy) is 1. The zero-order valence-electron chi connectivity index (χ0n) is 13.6. The van der Waals surface area contributed by atoms with Crippen molar-refractivity contribution in [2.45, 2.75) is 12.5 Å². The Morgan fingerprint density at radius 2 is 1.88 bits per heavy atom. The van der Waals surface area contributed by atoms with Gasteiger partial charge in [0.2, 0.25) is 0 Å². The number of carbonyl (C=O) groups excluding carboxylic acids is 2. The van der Waals surface area contributed by atoms with Crippen molar-refractivity contribution >= 4 is 34.4 Å². The maximum absolute atomic E-state index is 12.5. The van der Waals surface area contributed by atoms with Gasteiger partial charge in [-0.25, -0.2) is 4.79 Å². The fourth-order valence-electron chi connectivity index (χ4n) is 2.74. The molecule has 1 heterocycles. The smallest absolute Gasteiger partial charge is 0.328 e. The molecule has 2 N–H and O–H groups in total. The number of nitrogens with one attached hydrogen (secondary N) is 2. The second kappa shape index (κ2) is 7.40. The normalized spacial score (nSPS) is 11.9. The number of rotatable bonds is 5. The monoisotopic (exact) mass is 356 g/mol. The number of fused-ring (bicyclic) bond motifs is 1. The third kappa shape index (κ3) is 3.67. The molecule has 1 amide bonds. The van der Waals surface area contributed by atoms with E-state index in [9.17, 15) is 9.59 Å². The van der Waals surface area contributed by atoms with Crippen LogP contribution in [0.2, 0.25) is 5.02 Å². The van der Waals surface area contributed by atoms with Crippen molar-refractivity contribution in [2.24, 2.45) is 0 Å². The highest BCUT2D eigenvalue weighted by Gasteiger charge is 2.24. The molecule has 3 aromatic rings. The van der Waals surface area contributed by atoms with Crippen LogP contribution in [0, 0.1) is 0 Å². The van der Waals surface area contributed by atoms with Crippen LogP contribution in [-0.4, -0.2) is 30.0 Å². The van der Waals surface area contributed by atoms with Gasteiger partial charge in [-0.1, -0.05) is 41.9 Å². The number of benzene rings is 2. The summed E-state index contributed by atoms with van der Waals surface area (Å²) in [6, 6.07) is 13.7. The second-order valence-corrected chi connectivity index (χ2v) is 6.00. The van der Waals surface area contributed by atoms with Crippen LogP contribution in [0.3, 0.4) is 0 Å². The summed E-state index contributed by atoms with van der Waals surface area (Å²) in [7, 11) is 1.30. The molecule has 0 aliphatic heterocycles. The van der Waals surface area contributed by atoms with E-state index in [1.54, 1.807) is 24.3 Å². The maximum atomic E-state index is 12.5. The minimum absolute atomic E-state index is 0.312. The molecule has 0 radical (unpaired) electrons. The van der Waals surface area contributed by atoms with Crippen LogP contribution in [0.5, 0.6) is 0 Å². The number of hydrogen-bond donors (Lipinski definition) is 2. The van der Waals surface area contributed by atoms with E-state index in [0.717, 1.165) is 16.5 Å². The Morgan fingerprint density at radius 1 is 1.16 bits per heavy atom. The number of amides is 1. The Labute approximate surface area is 149 Å². The van der Waals surface area contributed by atoms with Gasteiger partial charge in [0.1, 0.15) is 6.04 Å². The third-order valence-electron chi connectivity index (χ3n) is 4.01. The quantitative estimate of drug-likeness (QED) is 0.689. The Balaban J connectivity index is 1.84. The van der Waals surface area contributed by atoms with Crippen LogP contribution in [0.15, 0.2) is 54.7 Å². The van der Waals surface area contributed by atoms with Gasteiger partial charge in [-0.2, -0.15) is 0 Å². The van der Waals surface area contributed by atoms with Gasteiger partial charge in [0, 0.05) is 23.5 Å². The highest BCUT2D eigenvalue weighted by molar-refractivity contribution is 6.33. The van der Waals surface area contributed by atoms with Crippen LogP contribution in [0.1, 0.15) is 15.9 Å². The number of aromatic amines is 1. The van der Waals surface area contributed by atoms with E-state index >= 15 is 0 Å². The summed E-state index contributed by atoms with van der Waals surface area (Å²) in [4.78, 5) is 27.8. The molecule has 0 aliphatic carbocycles. The van der Waals surface area contributed by atoms with Gasteiger partial charge in [-0.05, 0) is 23.8 Å². The lowest BCUT2D eigenvalue weighted by molar-refractivity contribution is -0.142. The van der Waals surface area contributed by atoms with Crippen LogP contribution < -0.4 is 5.32 Å². The molecule has 0 aliphatic rings. The van der Waals surface area contributed by atoms with Crippen molar-refractivity contribution in [1.82, 2.24) is 10.3 Å². The summed E-state index contributed by atoms with van der Waals surface area (Å²) in [5.41, 5.74) is 2.21. The molecule has 2 aromatic carbocycles. The first-order valence-corrected chi connectivity index (χ1v) is 8.16. The Kier molecular flexibility index (Phi) is 5.05. The van der Waals surface area contributed by atoms with Gasteiger partial charge in [0.15, 0.2) is 0 Å². The van der Waals surface area contributed by atoms with Crippen molar-refractivity contribution in [3.05, 3.63) is 70.9 Å². The van der Waals surface area contributed by atoms with Crippen LogP contribution >= 0.6 is 11.6 Å². The predicted octanol–water partition coefficient (Wildman–Crippen LogP) is 3.34. The van der Waals surface area contributed by atoms with E-state index in [1.165, 1.54) is 7.11 Å². The van der Waals surface area contributed by atoms with E-state index < -0.39 is 17.9 Å². The van der Waals surface area contributed by atoms with Gasteiger partial charge in [-0.3, -0.25) is 4.79 Å². The fraction of sp³-hybridized carbons (Fsp3) is 0.158. The minimum Gasteiger partial charge on any atom is -0.467 e. The molecule has 0 saturated carbocycles. The lowest BCUT2D eigenvalue weighted by Crippen LogP contribution is -2.43. The zero-order chi connectivity index (χ0) is 17.8. The SMILES string of the molecule is COC(=O)[C@@H](Cc1c[nH]c2ccccc12)NC(=O)c1ccccc1Cl. The highest BCUT2D eigenvalue weighted by atomic mass is 35.5. The number of methoxy groups -OCH3 is 1. The molecule has 1 atom stereocenters. The van der Waals surface area contributed by atoms with E-state index in [0.29, 0.717) is 17.0 Å². The fourth-order valence-corrected chi connectivity index (χ4v) is 2.96. The van der Waals surface area contributed by atoms with Gasteiger partial charge < -0.3 is 15.0 Å². The van der Waals surface area contributed by atoms with Gasteiger partial charge in [0.05, 0.1) is 17.7 Å². The summed E-state index contributed by atoms with van der Waals surface area (Å²) in [6.45, 7) is 0. The lowest BCUT2D eigenvalue weighted by atomic mass is 10.0. The van der Waals surface area contributed by atoms with Gasteiger partial charge >= 0.3 is 5.97 Å². The first kappa shape index (κ1) is 17.0. The first-order chi connectivity index (χ1) is 12.1. The Bertz CT molecular complexity index is 920. The van der Waals surface area contributed by atoms with E-state index in [1.807, 2.05) is 30.5 Å².